The number of anilines is 1. The Hall–Kier alpha value is -3.07. The number of hydrogen-bond donors (Lipinski definition) is 3. The molecule has 2 aliphatic heterocycles. The first-order chi connectivity index (χ1) is 16.2. The lowest BCUT2D eigenvalue weighted by atomic mass is 9.93. The molecule has 1 amide bonds. The molecule has 0 aliphatic carbocycles. The number of nitrogens with zero attached hydrogens (tertiary/aromatic N) is 3. The molecule has 172 valence electrons. The van der Waals surface area contributed by atoms with Gasteiger partial charge in [-0.15, -0.1) is 0 Å². The van der Waals surface area contributed by atoms with Gasteiger partial charge in [-0.05, 0) is 42.7 Å². The van der Waals surface area contributed by atoms with Crippen LogP contribution in [0.3, 0.4) is 0 Å². The summed E-state index contributed by atoms with van der Waals surface area (Å²) in [5.74, 6) is 0.779. The predicted molar refractivity (Wildman–Crippen MR) is 125 cm³/mol. The second-order valence-electron chi connectivity index (χ2n) is 8.83. The number of hydrogen-bond acceptors (Lipinski definition) is 5. The van der Waals surface area contributed by atoms with E-state index in [9.17, 15) is 9.18 Å². The number of rotatable bonds is 6. The van der Waals surface area contributed by atoms with Crippen LogP contribution >= 0.6 is 0 Å². The van der Waals surface area contributed by atoms with E-state index in [1.54, 1.807) is 30.5 Å². The summed E-state index contributed by atoms with van der Waals surface area (Å²) in [5.41, 5.74) is 8.17. The van der Waals surface area contributed by atoms with E-state index in [0.29, 0.717) is 11.5 Å². The Morgan fingerprint density at radius 1 is 1.09 bits per heavy atom. The molecule has 2 fully saturated rings. The van der Waals surface area contributed by atoms with Crippen molar-refractivity contribution < 1.29 is 9.18 Å². The number of benzene rings is 2. The van der Waals surface area contributed by atoms with Crippen LogP contribution in [-0.2, 0) is 0 Å². The normalized spacial score (nSPS) is 21.8. The van der Waals surface area contributed by atoms with E-state index in [0.717, 1.165) is 50.4 Å². The number of hydrazine groups is 1. The predicted octanol–water partition coefficient (Wildman–Crippen LogP) is 3.38. The molecule has 2 aliphatic rings. The minimum atomic E-state index is -0.199. The van der Waals surface area contributed by atoms with Gasteiger partial charge in [0.25, 0.3) is 5.91 Å². The molecule has 2 aromatic carbocycles. The Kier molecular flexibility index (Phi) is 6.48. The monoisotopic (exact) mass is 448 g/mol. The molecule has 7 nitrogen and oxygen atoms in total. The Balaban J connectivity index is 1.17. The number of halogens is 1. The molecular weight excluding hydrogens is 419 g/mol. The van der Waals surface area contributed by atoms with Crippen LogP contribution in [0.5, 0.6) is 0 Å². The summed E-state index contributed by atoms with van der Waals surface area (Å²) in [5, 5.41) is 7.51. The fourth-order valence-corrected chi connectivity index (χ4v) is 4.92. The summed E-state index contributed by atoms with van der Waals surface area (Å²) < 4.78 is 15.6. The quantitative estimate of drug-likeness (QED) is 0.539. The first-order valence-electron chi connectivity index (χ1n) is 11.5. The first-order valence-corrected chi connectivity index (χ1v) is 11.5. The fraction of sp³-hybridized carbons (Fsp3) is 0.360. The van der Waals surface area contributed by atoms with Crippen molar-refractivity contribution in [2.45, 2.75) is 24.9 Å². The molecule has 3 N–H and O–H groups in total. The van der Waals surface area contributed by atoms with E-state index in [1.807, 2.05) is 35.0 Å². The average Bonchev–Trinajstić information content (AvgIpc) is 3.50. The molecule has 2 atom stereocenters. The molecule has 8 heteroatoms. The molecule has 0 radical (unpaired) electrons. The number of carbonyl (C=O) groups excluding carboxylic acids is 1. The van der Waals surface area contributed by atoms with E-state index in [1.165, 1.54) is 6.07 Å². The van der Waals surface area contributed by atoms with Crippen LogP contribution in [0.15, 0.2) is 66.9 Å². The number of carbonyl (C=O) groups is 1. The molecule has 0 spiro atoms. The topological polar surface area (TPSA) is 74.2 Å². The van der Waals surface area contributed by atoms with Gasteiger partial charge in [0, 0.05) is 43.7 Å². The van der Waals surface area contributed by atoms with Crippen LogP contribution in [0.1, 0.15) is 40.8 Å². The SMILES string of the molecule is O=C(Nc1ccnn1C1CCN(CC2CNNC2c2cccc(F)c2)CC1)c1ccccc1. The highest BCUT2D eigenvalue weighted by atomic mass is 19.1. The maximum Gasteiger partial charge on any atom is 0.256 e. The molecule has 33 heavy (non-hydrogen) atoms. The lowest BCUT2D eigenvalue weighted by Gasteiger charge is -2.35. The lowest BCUT2D eigenvalue weighted by Crippen LogP contribution is -2.39. The fourth-order valence-electron chi connectivity index (χ4n) is 4.92. The molecule has 0 saturated carbocycles. The van der Waals surface area contributed by atoms with Crippen molar-refractivity contribution in [1.29, 1.82) is 0 Å². The highest BCUT2D eigenvalue weighted by Crippen LogP contribution is 2.30. The zero-order valence-corrected chi connectivity index (χ0v) is 18.5. The van der Waals surface area contributed by atoms with Gasteiger partial charge < -0.3 is 10.2 Å². The summed E-state index contributed by atoms with van der Waals surface area (Å²) in [6.45, 7) is 3.73. The average molecular weight is 449 g/mol. The number of amides is 1. The zero-order chi connectivity index (χ0) is 22.6. The Labute approximate surface area is 192 Å². The Bertz CT molecular complexity index is 1080. The maximum absolute atomic E-state index is 13.7. The van der Waals surface area contributed by atoms with E-state index in [2.05, 4.69) is 26.2 Å². The second kappa shape index (κ2) is 9.82. The Morgan fingerprint density at radius 2 is 1.91 bits per heavy atom. The van der Waals surface area contributed by atoms with Gasteiger partial charge >= 0.3 is 0 Å². The van der Waals surface area contributed by atoms with Gasteiger partial charge in [-0.3, -0.25) is 10.2 Å². The molecular formula is C25H29FN6O. The van der Waals surface area contributed by atoms with Crippen LogP contribution < -0.4 is 16.2 Å². The maximum atomic E-state index is 13.7. The molecule has 3 aromatic rings. The number of piperidine rings is 1. The van der Waals surface area contributed by atoms with Gasteiger partial charge in [0.15, 0.2) is 0 Å². The standard InChI is InChI=1S/C25H29FN6O/c26-21-8-4-7-19(15-21)24-20(16-27-30-24)17-31-13-10-22(11-14-31)32-23(9-12-28-32)29-25(33)18-5-2-1-3-6-18/h1-9,12,15,20,22,24,27,30H,10-11,13-14,16-17H2,(H,29,33). The second-order valence-corrected chi connectivity index (χ2v) is 8.83. The van der Waals surface area contributed by atoms with Crippen LogP contribution in [0.25, 0.3) is 0 Å². The van der Waals surface area contributed by atoms with Gasteiger partial charge in [0.2, 0.25) is 0 Å². The van der Waals surface area contributed by atoms with Crippen molar-refractivity contribution in [3.63, 3.8) is 0 Å². The van der Waals surface area contributed by atoms with Crippen LogP contribution in [0, 0.1) is 11.7 Å². The highest BCUT2D eigenvalue weighted by molar-refractivity contribution is 6.03. The summed E-state index contributed by atoms with van der Waals surface area (Å²) >= 11 is 0. The summed E-state index contributed by atoms with van der Waals surface area (Å²) in [7, 11) is 0. The van der Waals surface area contributed by atoms with E-state index in [-0.39, 0.29) is 23.8 Å². The molecule has 2 unspecified atom stereocenters. The van der Waals surface area contributed by atoms with Crippen molar-refractivity contribution >= 4 is 11.7 Å². The van der Waals surface area contributed by atoms with Gasteiger partial charge in [-0.2, -0.15) is 5.10 Å². The van der Waals surface area contributed by atoms with Crippen molar-refractivity contribution in [2.24, 2.45) is 5.92 Å². The van der Waals surface area contributed by atoms with E-state index < -0.39 is 0 Å². The highest BCUT2D eigenvalue weighted by Gasteiger charge is 2.32. The van der Waals surface area contributed by atoms with Crippen LogP contribution in [0.2, 0.25) is 0 Å². The zero-order valence-electron chi connectivity index (χ0n) is 18.5. The van der Waals surface area contributed by atoms with E-state index >= 15 is 0 Å². The summed E-state index contributed by atoms with van der Waals surface area (Å²) in [4.78, 5) is 15.0. The molecule has 1 aromatic heterocycles. The first kappa shape index (κ1) is 21.8. The summed E-state index contributed by atoms with van der Waals surface area (Å²) in [6.07, 6.45) is 3.68. The smallest absolute Gasteiger partial charge is 0.256 e. The van der Waals surface area contributed by atoms with Gasteiger partial charge in [0.1, 0.15) is 11.6 Å². The van der Waals surface area contributed by atoms with Gasteiger partial charge in [0.05, 0.1) is 18.3 Å². The Morgan fingerprint density at radius 3 is 2.70 bits per heavy atom. The number of nitrogens with one attached hydrogen (secondary N) is 3. The number of likely N-dealkylation sites (tertiary alicyclic amines) is 1. The third-order valence-corrected chi connectivity index (χ3v) is 6.64. The third kappa shape index (κ3) is 4.98. The largest absolute Gasteiger partial charge is 0.307 e. The number of aromatic nitrogens is 2. The molecule has 0 bridgehead atoms. The van der Waals surface area contributed by atoms with Crippen molar-refractivity contribution in [3.8, 4) is 0 Å². The van der Waals surface area contributed by atoms with E-state index in [4.69, 9.17) is 0 Å². The van der Waals surface area contributed by atoms with Crippen molar-refractivity contribution in [2.75, 3.05) is 31.5 Å². The summed E-state index contributed by atoms with van der Waals surface area (Å²) in [6, 6.07) is 18.3. The minimum absolute atomic E-state index is 0.101. The van der Waals surface area contributed by atoms with Crippen LogP contribution in [-0.4, -0.2) is 46.8 Å². The molecule has 2 saturated heterocycles. The third-order valence-electron chi connectivity index (χ3n) is 6.64. The van der Waals surface area contributed by atoms with Gasteiger partial charge in [-0.25, -0.2) is 14.5 Å². The minimum Gasteiger partial charge on any atom is -0.307 e. The van der Waals surface area contributed by atoms with Crippen LogP contribution in [0.4, 0.5) is 10.2 Å². The van der Waals surface area contributed by atoms with Crippen molar-refractivity contribution in [1.82, 2.24) is 25.5 Å². The molecule has 5 rings (SSSR count). The van der Waals surface area contributed by atoms with Crippen molar-refractivity contribution in [3.05, 3.63) is 83.8 Å². The van der Waals surface area contributed by atoms with Gasteiger partial charge in [-0.1, -0.05) is 30.3 Å². The molecule has 3 heterocycles. The lowest BCUT2D eigenvalue weighted by molar-refractivity contribution is 0.102.